The van der Waals surface area contributed by atoms with E-state index in [9.17, 15) is 18.0 Å². The van der Waals surface area contributed by atoms with Crippen LogP contribution in [0.1, 0.15) is 15.9 Å². The minimum Gasteiger partial charge on any atom is -0.288 e. The Balaban J connectivity index is 1.95. The summed E-state index contributed by atoms with van der Waals surface area (Å²) in [5.41, 5.74) is 2.73. The van der Waals surface area contributed by atoms with Gasteiger partial charge in [-0.05, 0) is 35.9 Å². The molecular formula is C15H12BrN3O5S. The zero-order valence-corrected chi connectivity index (χ0v) is 15.0. The summed E-state index contributed by atoms with van der Waals surface area (Å²) in [6, 6.07) is 10.1. The molecule has 0 saturated heterocycles. The number of hydroxylamine groups is 1. The van der Waals surface area contributed by atoms with Gasteiger partial charge in [-0.15, -0.1) is 0 Å². The minimum atomic E-state index is -3.91. The highest BCUT2D eigenvalue weighted by Crippen LogP contribution is 2.32. The number of carbonyl (C=O) groups excluding carboxylic acids is 2. The van der Waals surface area contributed by atoms with E-state index in [4.69, 9.17) is 5.21 Å². The monoisotopic (exact) mass is 425 g/mol. The third-order valence-corrected chi connectivity index (χ3v) is 5.47. The maximum atomic E-state index is 12.2. The van der Waals surface area contributed by atoms with Gasteiger partial charge in [0.2, 0.25) is 0 Å². The first-order valence-corrected chi connectivity index (χ1v) is 9.26. The van der Waals surface area contributed by atoms with E-state index >= 15 is 0 Å². The zero-order chi connectivity index (χ0) is 18.2. The maximum Gasteiger partial charge on any atom is 0.336 e. The lowest BCUT2D eigenvalue weighted by atomic mass is 10.1. The molecule has 0 aromatic heterocycles. The molecule has 0 unspecified atom stereocenters. The normalized spacial score (nSPS) is 15.3. The molecular weight excluding hydrogens is 414 g/mol. The first-order valence-electron chi connectivity index (χ1n) is 6.99. The average Bonchev–Trinajstić information content (AvgIpc) is 2.58. The second-order valence-corrected chi connectivity index (χ2v) is 7.81. The van der Waals surface area contributed by atoms with Crippen LogP contribution in [-0.4, -0.2) is 25.6 Å². The lowest BCUT2D eigenvalue weighted by molar-refractivity contribution is 0.0706. The summed E-state index contributed by atoms with van der Waals surface area (Å²) in [5, 5.41) is 8.61. The highest BCUT2D eigenvalue weighted by atomic mass is 79.9. The molecule has 8 nitrogen and oxygen atoms in total. The largest absolute Gasteiger partial charge is 0.336 e. The molecule has 0 fully saturated rings. The van der Waals surface area contributed by atoms with Crippen molar-refractivity contribution >= 4 is 43.6 Å². The lowest BCUT2D eigenvalue weighted by Gasteiger charge is -2.29. The van der Waals surface area contributed by atoms with Gasteiger partial charge in [-0.3, -0.25) is 14.9 Å². The van der Waals surface area contributed by atoms with Gasteiger partial charge in [0, 0.05) is 10.0 Å². The first-order chi connectivity index (χ1) is 11.8. The third kappa shape index (κ3) is 3.36. The fourth-order valence-electron chi connectivity index (χ4n) is 2.43. The Morgan fingerprint density at radius 1 is 1.20 bits per heavy atom. The second kappa shape index (κ2) is 6.47. The predicted molar refractivity (Wildman–Crippen MR) is 91.7 cm³/mol. The number of nitrogens with one attached hydrogen (secondary N) is 2. The number of fused-ring (bicyclic) bond motifs is 1. The molecule has 2 aromatic rings. The van der Waals surface area contributed by atoms with Crippen LogP contribution in [0.2, 0.25) is 0 Å². The van der Waals surface area contributed by atoms with Gasteiger partial charge >= 0.3 is 6.03 Å². The number of nitrogens with zero attached hydrogens (tertiary/aromatic N) is 1. The SMILES string of the molecule is O=C(NO)c1ccc(CN2C(=O)NS(=O)(=O)c3cc(Br)ccc32)cc1. The molecule has 130 valence electrons. The summed E-state index contributed by atoms with van der Waals surface area (Å²) in [6.07, 6.45) is 0. The molecule has 3 N–H and O–H groups in total. The minimum absolute atomic E-state index is 0.00208. The zero-order valence-electron chi connectivity index (χ0n) is 12.6. The van der Waals surface area contributed by atoms with Crippen molar-refractivity contribution in [2.45, 2.75) is 11.4 Å². The summed E-state index contributed by atoms with van der Waals surface area (Å²) in [5.74, 6) is -0.649. The lowest BCUT2D eigenvalue weighted by Crippen LogP contribution is -2.47. The van der Waals surface area contributed by atoms with E-state index in [0.29, 0.717) is 10.0 Å². The number of hydrogen-bond donors (Lipinski definition) is 3. The molecule has 10 heteroatoms. The second-order valence-electron chi connectivity index (χ2n) is 5.25. The molecule has 1 heterocycles. The summed E-state index contributed by atoms with van der Waals surface area (Å²) in [7, 11) is -3.91. The van der Waals surface area contributed by atoms with E-state index in [-0.39, 0.29) is 22.7 Å². The molecule has 3 rings (SSSR count). The summed E-state index contributed by atoms with van der Waals surface area (Å²) >= 11 is 3.22. The van der Waals surface area contributed by atoms with Crippen molar-refractivity contribution in [3.05, 3.63) is 58.1 Å². The number of rotatable bonds is 3. The molecule has 0 atom stereocenters. The highest BCUT2D eigenvalue weighted by Gasteiger charge is 2.34. The average molecular weight is 426 g/mol. The van der Waals surface area contributed by atoms with Crippen LogP contribution >= 0.6 is 15.9 Å². The van der Waals surface area contributed by atoms with Crippen molar-refractivity contribution in [3.63, 3.8) is 0 Å². The van der Waals surface area contributed by atoms with Crippen LogP contribution in [0, 0.1) is 0 Å². The molecule has 25 heavy (non-hydrogen) atoms. The van der Waals surface area contributed by atoms with Crippen LogP contribution in [0.4, 0.5) is 10.5 Å². The molecule has 0 bridgehead atoms. The standard InChI is InChI=1S/C15H12BrN3O5S/c16-11-5-6-12-13(7-11)25(23,24)18-15(21)19(12)8-9-1-3-10(4-2-9)14(20)17-22/h1-7,22H,8H2,(H,17,20)(H,18,21). The van der Waals surface area contributed by atoms with E-state index < -0.39 is 22.0 Å². The van der Waals surface area contributed by atoms with Crippen LogP contribution in [0.5, 0.6) is 0 Å². The van der Waals surface area contributed by atoms with E-state index in [1.54, 1.807) is 24.3 Å². The number of sulfonamides is 1. The van der Waals surface area contributed by atoms with Crippen molar-refractivity contribution in [3.8, 4) is 0 Å². The predicted octanol–water partition coefficient (Wildman–Crippen LogP) is 1.99. The summed E-state index contributed by atoms with van der Waals surface area (Å²) in [4.78, 5) is 24.8. The Hall–Kier alpha value is -2.43. The summed E-state index contributed by atoms with van der Waals surface area (Å²) < 4.78 is 26.8. The van der Waals surface area contributed by atoms with Crippen LogP contribution in [0.25, 0.3) is 0 Å². The molecule has 2 aromatic carbocycles. The number of hydrogen-bond acceptors (Lipinski definition) is 5. The van der Waals surface area contributed by atoms with Crippen molar-refractivity contribution in [1.29, 1.82) is 0 Å². The van der Waals surface area contributed by atoms with E-state index in [2.05, 4.69) is 15.9 Å². The van der Waals surface area contributed by atoms with Crippen molar-refractivity contribution in [1.82, 2.24) is 10.2 Å². The topological polar surface area (TPSA) is 116 Å². The smallest absolute Gasteiger partial charge is 0.288 e. The molecule has 3 amide bonds. The Morgan fingerprint density at radius 3 is 2.52 bits per heavy atom. The van der Waals surface area contributed by atoms with Gasteiger partial charge in [0.1, 0.15) is 4.90 Å². The Morgan fingerprint density at radius 2 is 1.88 bits per heavy atom. The van der Waals surface area contributed by atoms with Crippen LogP contribution in [0.15, 0.2) is 51.8 Å². The quantitative estimate of drug-likeness (QED) is 0.513. The first kappa shape index (κ1) is 17.4. The van der Waals surface area contributed by atoms with Gasteiger partial charge in [0.05, 0.1) is 12.2 Å². The Bertz CT molecular complexity index is 960. The van der Waals surface area contributed by atoms with Gasteiger partial charge in [-0.1, -0.05) is 28.1 Å². The van der Waals surface area contributed by atoms with Gasteiger partial charge in [0.15, 0.2) is 0 Å². The number of anilines is 1. The number of carbonyl (C=O) groups is 2. The van der Waals surface area contributed by atoms with Crippen LogP contribution in [0.3, 0.4) is 0 Å². The van der Waals surface area contributed by atoms with E-state index in [1.807, 2.05) is 4.72 Å². The fraction of sp³-hybridized carbons (Fsp3) is 0.0667. The van der Waals surface area contributed by atoms with Gasteiger partial charge in [0.25, 0.3) is 15.9 Å². The van der Waals surface area contributed by atoms with E-state index in [1.165, 1.54) is 28.6 Å². The van der Waals surface area contributed by atoms with Crippen molar-refractivity contribution < 1.29 is 23.2 Å². The summed E-state index contributed by atoms with van der Waals surface area (Å²) in [6.45, 7) is 0.108. The van der Waals surface area contributed by atoms with Gasteiger partial charge in [-0.2, -0.15) is 0 Å². The number of urea groups is 1. The van der Waals surface area contributed by atoms with E-state index in [0.717, 1.165) is 0 Å². The van der Waals surface area contributed by atoms with Crippen LogP contribution in [-0.2, 0) is 16.6 Å². The van der Waals surface area contributed by atoms with Crippen LogP contribution < -0.4 is 15.1 Å². The number of benzene rings is 2. The molecule has 0 radical (unpaired) electrons. The molecule has 0 aliphatic carbocycles. The van der Waals surface area contributed by atoms with Crippen molar-refractivity contribution in [2.75, 3.05) is 4.90 Å². The molecule has 0 saturated carbocycles. The fourth-order valence-corrected chi connectivity index (χ4v) is 4.12. The third-order valence-electron chi connectivity index (χ3n) is 3.63. The molecule has 0 spiro atoms. The maximum absolute atomic E-state index is 12.2. The highest BCUT2D eigenvalue weighted by molar-refractivity contribution is 9.10. The molecule has 1 aliphatic heterocycles. The van der Waals surface area contributed by atoms with Crippen molar-refractivity contribution in [2.24, 2.45) is 0 Å². The Labute approximate surface area is 151 Å². The van der Waals surface area contributed by atoms with Gasteiger partial charge < -0.3 is 0 Å². The number of halogens is 1. The van der Waals surface area contributed by atoms with Gasteiger partial charge in [-0.25, -0.2) is 23.4 Å². The molecule has 1 aliphatic rings. The number of amides is 3. The Kier molecular flexibility index (Phi) is 4.50.